The van der Waals surface area contributed by atoms with Crippen LogP contribution in [0.15, 0.2) is 23.4 Å². The molecule has 1 heterocycles. The Labute approximate surface area is 115 Å². The smallest absolute Gasteiger partial charge is 0.244 e. The van der Waals surface area contributed by atoms with E-state index < -0.39 is 20.8 Å². The molecule has 0 saturated heterocycles. The number of hydrogen-bond acceptors (Lipinski definition) is 6. The van der Waals surface area contributed by atoms with Crippen LogP contribution in [0.2, 0.25) is 0 Å². The summed E-state index contributed by atoms with van der Waals surface area (Å²) in [5.41, 5.74) is 2.58. The van der Waals surface area contributed by atoms with Crippen molar-refractivity contribution in [1.29, 1.82) is 0 Å². The minimum Gasteiger partial charge on any atom is -0.323 e. The number of aromatic nitrogens is 1. The highest BCUT2D eigenvalue weighted by Gasteiger charge is 2.18. The summed E-state index contributed by atoms with van der Waals surface area (Å²) in [6, 6.07) is 1.47. The van der Waals surface area contributed by atoms with E-state index in [1.165, 1.54) is 18.5 Å². The molecule has 0 aromatic carbocycles. The maximum atomic E-state index is 12.0. The van der Waals surface area contributed by atoms with Crippen molar-refractivity contribution in [2.24, 2.45) is 5.84 Å². The Balaban J connectivity index is 2.74. The van der Waals surface area contributed by atoms with Crippen LogP contribution in [0.4, 0.5) is 5.69 Å². The average Bonchev–Trinajstić information content (AvgIpc) is 2.38. The molecular formula is C10H18N4O3S2. The summed E-state index contributed by atoms with van der Waals surface area (Å²) < 4.78 is 37.7. The average molecular weight is 306 g/mol. The van der Waals surface area contributed by atoms with Gasteiger partial charge in [0.1, 0.15) is 4.90 Å². The largest absolute Gasteiger partial charge is 0.323 e. The van der Waals surface area contributed by atoms with Gasteiger partial charge in [0.2, 0.25) is 10.0 Å². The molecule has 0 saturated carbocycles. The number of hydrazine groups is 1. The lowest BCUT2D eigenvalue weighted by Gasteiger charge is -2.12. The monoisotopic (exact) mass is 306 g/mol. The van der Waals surface area contributed by atoms with Gasteiger partial charge in [-0.15, -0.1) is 0 Å². The summed E-state index contributed by atoms with van der Waals surface area (Å²) in [7, 11) is -4.65. The highest BCUT2D eigenvalue weighted by molar-refractivity contribution is 7.89. The zero-order valence-electron chi connectivity index (χ0n) is 10.8. The molecule has 1 aromatic heterocycles. The summed E-state index contributed by atoms with van der Waals surface area (Å²) in [4.78, 5) is 3.76. The van der Waals surface area contributed by atoms with Crippen LogP contribution in [-0.2, 0) is 20.8 Å². The Kier molecular flexibility index (Phi) is 5.85. The van der Waals surface area contributed by atoms with Crippen LogP contribution >= 0.6 is 0 Å². The standard InChI is InChI=1S/C10H18N4O3S2/c1-8(18(2)15)3-6-13-19(16,17)10-7-12-5-4-9(10)14-11/h4-5,7-8,13H,3,6,11H2,1-2H3,(H,12,14). The molecule has 0 radical (unpaired) electrons. The van der Waals surface area contributed by atoms with E-state index in [9.17, 15) is 12.6 Å². The highest BCUT2D eigenvalue weighted by atomic mass is 32.2. The fraction of sp³-hybridized carbons (Fsp3) is 0.500. The van der Waals surface area contributed by atoms with Gasteiger partial charge in [-0.2, -0.15) is 0 Å². The van der Waals surface area contributed by atoms with Gasteiger partial charge in [0.05, 0.1) is 5.69 Å². The first kappa shape index (κ1) is 16.0. The molecule has 9 heteroatoms. The molecule has 108 valence electrons. The normalized spacial score (nSPS) is 14.9. The van der Waals surface area contributed by atoms with Gasteiger partial charge in [0.15, 0.2) is 0 Å². The SMILES string of the molecule is CC(CCNS(=O)(=O)c1cnccc1NN)S(C)=O. The van der Waals surface area contributed by atoms with E-state index in [-0.39, 0.29) is 22.4 Å². The van der Waals surface area contributed by atoms with Gasteiger partial charge in [-0.3, -0.25) is 15.0 Å². The third-order valence-corrected chi connectivity index (χ3v) is 5.50. The van der Waals surface area contributed by atoms with Gasteiger partial charge in [-0.05, 0) is 12.5 Å². The van der Waals surface area contributed by atoms with Crippen molar-refractivity contribution in [3.05, 3.63) is 18.5 Å². The van der Waals surface area contributed by atoms with Crippen molar-refractivity contribution in [1.82, 2.24) is 9.71 Å². The topological polar surface area (TPSA) is 114 Å². The number of nitrogens with two attached hydrogens (primary N) is 1. The molecule has 0 fully saturated rings. The number of hydrogen-bond donors (Lipinski definition) is 3. The van der Waals surface area contributed by atoms with Crippen molar-refractivity contribution < 1.29 is 12.6 Å². The van der Waals surface area contributed by atoms with E-state index in [2.05, 4.69) is 15.1 Å². The van der Waals surface area contributed by atoms with Crippen LogP contribution < -0.4 is 16.0 Å². The number of anilines is 1. The number of nitrogens with zero attached hydrogens (tertiary/aromatic N) is 1. The van der Waals surface area contributed by atoms with Crippen molar-refractivity contribution in [3.63, 3.8) is 0 Å². The maximum Gasteiger partial charge on any atom is 0.244 e. The second kappa shape index (κ2) is 6.94. The molecule has 1 aromatic rings. The molecule has 0 aliphatic rings. The molecule has 0 amide bonds. The predicted molar refractivity (Wildman–Crippen MR) is 75.4 cm³/mol. The van der Waals surface area contributed by atoms with Crippen LogP contribution in [0.25, 0.3) is 0 Å². The van der Waals surface area contributed by atoms with E-state index in [4.69, 9.17) is 5.84 Å². The van der Waals surface area contributed by atoms with Crippen molar-refractivity contribution in [2.45, 2.75) is 23.5 Å². The zero-order chi connectivity index (χ0) is 14.5. The summed E-state index contributed by atoms with van der Waals surface area (Å²) in [5, 5.41) is -0.0660. The molecule has 2 atom stereocenters. The second-order valence-electron chi connectivity index (χ2n) is 4.01. The first-order chi connectivity index (χ1) is 8.88. The Morgan fingerprint density at radius 2 is 2.21 bits per heavy atom. The van der Waals surface area contributed by atoms with Gasteiger partial charge in [-0.25, -0.2) is 13.1 Å². The third kappa shape index (κ3) is 4.53. The predicted octanol–water partition coefficient (Wildman–Crippen LogP) is -0.197. The molecule has 0 bridgehead atoms. The molecule has 1 rings (SSSR count). The van der Waals surface area contributed by atoms with Crippen LogP contribution in [0.5, 0.6) is 0 Å². The van der Waals surface area contributed by atoms with E-state index in [1.54, 1.807) is 13.2 Å². The van der Waals surface area contributed by atoms with Crippen molar-refractivity contribution in [3.8, 4) is 0 Å². The van der Waals surface area contributed by atoms with E-state index >= 15 is 0 Å². The minimum atomic E-state index is -3.68. The molecule has 0 spiro atoms. The van der Waals surface area contributed by atoms with Crippen molar-refractivity contribution >= 4 is 26.5 Å². The van der Waals surface area contributed by atoms with Crippen molar-refractivity contribution in [2.75, 3.05) is 18.2 Å². The van der Waals surface area contributed by atoms with Gasteiger partial charge in [0.25, 0.3) is 0 Å². The summed E-state index contributed by atoms with van der Waals surface area (Å²) in [5.74, 6) is 5.25. The molecule has 7 nitrogen and oxygen atoms in total. The quantitative estimate of drug-likeness (QED) is 0.475. The summed E-state index contributed by atoms with van der Waals surface area (Å²) >= 11 is 0. The number of sulfonamides is 1. The molecular weight excluding hydrogens is 288 g/mol. The van der Waals surface area contributed by atoms with Crippen LogP contribution in [0.1, 0.15) is 13.3 Å². The van der Waals surface area contributed by atoms with Crippen LogP contribution in [0.3, 0.4) is 0 Å². The maximum absolute atomic E-state index is 12.0. The Hall–Kier alpha value is -1.03. The Bertz CT molecular complexity index is 547. The number of rotatable bonds is 7. The zero-order valence-corrected chi connectivity index (χ0v) is 12.4. The van der Waals surface area contributed by atoms with E-state index in [0.717, 1.165) is 0 Å². The fourth-order valence-electron chi connectivity index (χ4n) is 1.35. The molecule has 4 N–H and O–H groups in total. The first-order valence-electron chi connectivity index (χ1n) is 5.61. The molecule has 0 aliphatic heterocycles. The second-order valence-corrected chi connectivity index (χ2v) is 7.55. The summed E-state index contributed by atoms with van der Waals surface area (Å²) in [6.07, 6.45) is 4.75. The van der Waals surface area contributed by atoms with E-state index in [0.29, 0.717) is 6.42 Å². The Morgan fingerprint density at radius 3 is 2.79 bits per heavy atom. The van der Waals surface area contributed by atoms with Crippen LogP contribution in [0, 0.1) is 0 Å². The van der Waals surface area contributed by atoms with Gasteiger partial charge in [0, 0.05) is 41.2 Å². The first-order valence-corrected chi connectivity index (χ1v) is 8.71. The van der Waals surface area contributed by atoms with Gasteiger partial charge in [-0.1, -0.05) is 6.92 Å². The molecule has 2 unspecified atom stereocenters. The van der Waals surface area contributed by atoms with E-state index in [1.807, 2.05) is 0 Å². The Morgan fingerprint density at radius 1 is 1.53 bits per heavy atom. The lowest BCUT2D eigenvalue weighted by Crippen LogP contribution is -2.28. The lowest BCUT2D eigenvalue weighted by atomic mass is 10.3. The summed E-state index contributed by atoms with van der Waals surface area (Å²) in [6.45, 7) is 2.02. The molecule has 0 aliphatic carbocycles. The number of pyridine rings is 1. The third-order valence-electron chi connectivity index (χ3n) is 2.64. The van der Waals surface area contributed by atoms with Crippen LogP contribution in [-0.4, -0.2) is 35.7 Å². The fourth-order valence-corrected chi connectivity index (χ4v) is 2.96. The number of nitrogen functional groups attached to an aromatic ring is 1. The molecule has 19 heavy (non-hydrogen) atoms. The van der Waals surface area contributed by atoms with Gasteiger partial charge >= 0.3 is 0 Å². The highest BCUT2D eigenvalue weighted by Crippen LogP contribution is 2.17. The lowest BCUT2D eigenvalue weighted by molar-refractivity contribution is 0.577. The van der Waals surface area contributed by atoms with Gasteiger partial charge < -0.3 is 5.43 Å². The minimum absolute atomic E-state index is 0.0113. The number of nitrogens with one attached hydrogen (secondary N) is 2.